The third-order valence-electron chi connectivity index (χ3n) is 5.62. The van der Waals surface area contributed by atoms with Gasteiger partial charge < -0.3 is 14.6 Å². The van der Waals surface area contributed by atoms with Crippen LogP contribution in [0.2, 0.25) is 0 Å². The summed E-state index contributed by atoms with van der Waals surface area (Å²) in [5.41, 5.74) is 6.58. The lowest BCUT2D eigenvalue weighted by Gasteiger charge is -2.35. The van der Waals surface area contributed by atoms with Gasteiger partial charge in [-0.2, -0.15) is 4.31 Å². The Morgan fingerprint density at radius 2 is 2.00 bits per heavy atom. The maximum Gasteiger partial charge on any atom is 0.213 e. The quantitative estimate of drug-likeness (QED) is 0.464. The highest BCUT2D eigenvalue weighted by molar-refractivity contribution is 7.89. The molecule has 0 spiro atoms. The first-order valence-electron chi connectivity index (χ1n) is 10.4. The summed E-state index contributed by atoms with van der Waals surface area (Å²) >= 11 is 1.45. The van der Waals surface area contributed by atoms with Crippen LogP contribution in [-0.2, 0) is 10.0 Å². The van der Waals surface area contributed by atoms with Gasteiger partial charge in [0, 0.05) is 49.8 Å². The van der Waals surface area contributed by atoms with Crippen LogP contribution < -0.4 is 10.2 Å². The lowest BCUT2D eigenvalue weighted by Crippen LogP contribution is -2.49. The maximum absolute atomic E-state index is 12.1. The van der Waals surface area contributed by atoms with Crippen molar-refractivity contribution in [2.45, 2.75) is 6.92 Å². The van der Waals surface area contributed by atoms with Gasteiger partial charge in [0.2, 0.25) is 15.2 Å². The molecule has 1 aliphatic heterocycles. The van der Waals surface area contributed by atoms with Crippen LogP contribution in [0.1, 0.15) is 6.92 Å². The zero-order valence-electron chi connectivity index (χ0n) is 17.5. The topological polar surface area (TPSA) is 95.7 Å². The van der Waals surface area contributed by atoms with Crippen LogP contribution in [0.25, 0.3) is 16.8 Å². The molecule has 0 unspecified atom stereocenters. The molecule has 1 saturated heterocycles. The number of hydrogen-bond donors (Lipinski definition) is 1. The number of fused-ring (bicyclic) bond motifs is 1. The van der Waals surface area contributed by atoms with E-state index in [2.05, 4.69) is 44.8 Å². The summed E-state index contributed by atoms with van der Waals surface area (Å²) in [4.78, 5) is 6.91. The number of nitrogens with zero attached hydrogens (tertiary/aromatic N) is 6. The highest BCUT2D eigenvalue weighted by Crippen LogP contribution is 2.29. The first-order valence-corrected chi connectivity index (χ1v) is 12.9. The molecule has 1 aromatic carbocycles. The summed E-state index contributed by atoms with van der Waals surface area (Å²) in [7, 11) is -3.14. The van der Waals surface area contributed by atoms with Crippen molar-refractivity contribution in [1.82, 2.24) is 23.9 Å². The van der Waals surface area contributed by atoms with Crippen molar-refractivity contribution in [3.05, 3.63) is 54.4 Å². The fourth-order valence-electron chi connectivity index (χ4n) is 3.89. The summed E-state index contributed by atoms with van der Waals surface area (Å²) in [5.74, 6) is 0.143. The molecule has 32 heavy (non-hydrogen) atoms. The Morgan fingerprint density at radius 1 is 1.16 bits per heavy atom. The first-order chi connectivity index (χ1) is 15.5. The van der Waals surface area contributed by atoms with Crippen LogP contribution in [0.4, 0.5) is 16.5 Å². The van der Waals surface area contributed by atoms with Crippen LogP contribution in [-0.4, -0.2) is 64.2 Å². The van der Waals surface area contributed by atoms with Crippen molar-refractivity contribution >= 4 is 43.5 Å². The maximum atomic E-state index is 12.1. The molecule has 9 nitrogen and oxygen atoms in total. The molecule has 4 heterocycles. The minimum atomic E-state index is -3.14. The zero-order valence-corrected chi connectivity index (χ0v) is 19.2. The summed E-state index contributed by atoms with van der Waals surface area (Å²) in [6, 6.07) is 10.2. The fourth-order valence-corrected chi connectivity index (χ4v) is 5.44. The van der Waals surface area contributed by atoms with Gasteiger partial charge in [0.05, 0.1) is 17.6 Å². The lowest BCUT2D eigenvalue weighted by atomic mass is 10.1. The van der Waals surface area contributed by atoms with Gasteiger partial charge in [-0.1, -0.05) is 23.5 Å². The highest BCUT2D eigenvalue weighted by atomic mass is 32.2. The van der Waals surface area contributed by atoms with E-state index in [9.17, 15) is 8.42 Å². The molecule has 4 aromatic rings. The average molecular weight is 470 g/mol. The third kappa shape index (κ3) is 4.06. The summed E-state index contributed by atoms with van der Waals surface area (Å²) < 4.78 is 27.8. The summed E-state index contributed by atoms with van der Waals surface area (Å²) in [6.07, 6.45) is 5.93. The van der Waals surface area contributed by atoms with Crippen molar-refractivity contribution in [3.63, 3.8) is 0 Å². The Bertz CT molecular complexity index is 1330. The average Bonchev–Trinajstić information content (AvgIpc) is 3.49. The van der Waals surface area contributed by atoms with Gasteiger partial charge >= 0.3 is 0 Å². The molecule has 0 radical (unpaired) electrons. The van der Waals surface area contributed by atoms with Crippen molar-refractivity contribution in [2.75, 3.05) is 42.1 Å². The molecule has 1 N–H and O–H groups in total. The van der Waals surface area contributed by atoms with E-state index in [1.807, 2.05) is 28.9 Å². The Hall–Kier alpha value is -3.02. The van der Waals surface area contributed by atoms with E-state index in [4.69, 9.17) is 4.98 Å². The summed E-state index contributed by atoms with van der Waals surface area (Å²) in [6.45, 7) is 3.99. The zero-order chi connectivity index (χ0) is 22.1. The number of hydrogen-bond acceptors (Lipinski definition) is 8. The highest BCUT2D eigenvalue weighted by Gasteiger charge is 2.25. The predicted octanol–water partition coefficient (Wildman–Crippen LogP) is 3.07. The second-order valence-corrected chi connectivity index (χ2v) is 10.6. The number of nitrogens with one attached hydrogen (secondary N) is 1. The second kappa shape index (κ2) is 8.49. The standard InChI is InChI=1S/C21H23N7O2S2/c1-2-32(29,30)28-10-8-26(9-11-28)18-13-22-20-19(6-7-27(20)14-18)16-4-3-5-17(12-16)24-21-25-23-15-31-21/h3-7,12-15H,2,8-11H2,1H3,(H,24,25). The van der Waals surface area contributed by atoms with Crippen LogP contribution >= 0.6 is 11.3 Å². The number of benzene rings is 1. The number of piperazine rings is 1. The minimum absolute atomic E-state index is 0.143. The van der Waals surface area contributed by atoms with Crippen LogP contribution in [0.3, 0.4) is 0 Å². The van der Waals surface area contributed by atoms with Gasteiger partial charge in [-0.05, 0) is 30.7 Å². The Kier molecular flexibility index (Phi) is 5.53. The van der Waals surface area contributed by atoms with E-state index in [1.54, 1.807) is 16.7 Å². The molecule has 3 aromatic heterocycles. The van der Waals surface area contributed by atoms with Gasteiger partial charge in [0.25, 0.3) is 0 Å². The van der Waals surface area contributed by atoms with Crippen LogP contribution in [0, 0.1) is 0 Å². The van der Waals surface area contributed by atoms with Gasteiger partial charge in [-0.25, -0.2) is 13.4 Å². The minimum Gasteiger partial charge on any atom is -0.366 e. The Morgan fingerprint density at radius 3 is 2.75 bits per heavy atom. The van der Waals surface area contributed by atoms with E-state index >= 15 is 0 Å². The van der Waals surface area contributed by atoms with E-state index in [0.717, 1.165) is 33.3 Å². The SMILES string of the molecule is CCS(=O)(=O)N1CCN(c2cnc3c(-c4cccc(Nc5nncs5)c4)ccn3c2)CC1. The molecule has 1 fully saturated rings. The predicted molar refractivity (Wildman–Crippen MR) is 127 cm³/mol. The largest absolute Gasteiger partial charge is 0.366 e. The van der Waals surface area contributed by atoms with Gasteiger partial charge in [0.1, 0.15) is 11.2 Å². The molecule has 166 valence electrons. The number of rotatable bonds is 6. The van der Waals surface area contributed by atoms with E-state index in [0.29, 0.717) is 26.2 Å². The molecule has 0 saturated carbocycles. The van der Waals surface area contributed by atoms with Gasteiger partial charge in [-0.3, -0.25) is 0 Å². The van der Waals surface area contributed by atoms with Crippen molar-refractivity contribution in [2.24, 2.45) is 0 Å². The normalized spacial score (nSPS) is 15.3. The Labute approximate surface area is 190 Å². The first kappa shape index (κ1) is 20.9. The van der Waals surface area contributed by atoms with Crippen molar-refractivity contribution < 1.29 is 8.42 Å². The summed E-state index contributed by atoms with van der Waals surface area (Å²) in [5, 5.41) is 11.9. The molecule has 0 atom stereocenters. The van der Waals surface area contributed by atoms with Crippen molar-refractivity contribution in [3.8, 4) is 11.1 Å². The molecule has 0 bridgehead atoms. The van der Waals surface area contributed by atoms with E-state index in [1.165, 1.54) is 11.3 Å². The molecular weight excluding hydrogens is 446 g/mol. The Balaban J connectivity index is 1.36. The van der Waals surface area contributed by atoms with Crippen LogP contribution in [0.5, 0.6) is 0 Å². The smallest absolute Gasteiger partial charge is 0.213 e. The number of sulfonamides is 1. The third-order valence-corrected chi connectivity index (χ3v) is 8.11. The fraction of sp³-hybridized carbons (Fsp3) is 0.286. The van der Waals surface area contributed by atoms with Gasteiger partial charge in [-0.15, -0.1) is 10.2 Å². The molecule has 0 amide bonds. The molecule has 0 aliphatic carbocycles. The monoisotopic (exact) mass is 469 g/mol. The molecule has 1 aliphatic rings. The number of aromatic nitrogens is 4. The molecule has 5 rings (SSSR count). The number of anilines is 3. The lowest BCUT2D eigenvalue weighted by molar-refractivity contribution is 0.385. The second-order valence-electron chi connectivity index (χ2n) is 7.51. The van der Waals surface area contributed by atoms with E-state index in [-0.39, 0.29) is 5.75 Å². The van der Waals surface area contributed by atoms with Crippen LogP contribution in [0.15, 0.2) is 54.4 Å². The molecule has 11 heteroatoms. The van der Waals surface area contributed by atoms with E-state index < -0.39 is 10.0 Å². The molecular formula is C21H23N7O2S2. The van der Waals surface area contributed by atoms with Crippen molar-refractivity contribution in [1.29, 1.82) is 0 Å². The van der Waals surface area contributed by atoms with Gasteiger partial charge in [0.15, 0.2) is 0 Å².